The van der Waals surface area contributed by atoms with Crippen LogP contribution in [0.5, 0.6) is 0 Å². The minimum absolute atomic E-state index is 0.566. The smallest absolute Gasteiger partial charge is 0.0889 e. The molecule has 2 aromatic rings. The highest BCUT2D eigenvalue weighted by atomic mass is 15.3. The van der Waals surface area contributed by atoms with E-state index in [0.717, 1.165) is 17.1 Å². The fourth-order valence-corrected chi connectivity index (χ4v) is 2.75. The van der Waals surface area contributed by atoms with E-state index < -0.39 is 0 Å². The largest absolute Gasteiger partial charge is 0.396 e. The Kier molecular flexibility index (Phi) is 2.82. The van der Waals surface area contributed by atoms with Crippen LogP contribution < -0.4 is 5.73 Å². The molecule has 3 nitrogen and oxygen atoms in total. The number of anilines is 1. The number of benzene rings is 1. The van der Waals surface area contributed by atoms with Crippen LogP contribution in [0.3, 0.4) is 0 Å². The zero-order valence-electron chi connectivity index (χ0n) is 10.8. The molecule has 1 aromatic heterocycles. The van der Waals surface area contributed by atoms with Crippen molar-refractivity contribution < 1.29 is 0 Å². The van der Waals surface area contributed by atoms with Gasteiger partial charge in [-0.15, -0.1) is 0 Å². The quantitative estimate of drug-likeness (QED) is 0.875. The second kappa shape index (κ2) is 4.48. The molecular weight excluding hydrogens is 222 g/mol. The zero-order chi connectivity index (χ0) is 12.5. The number of nitrogens with two attached hydrogens (primary N) is 1. The monoisotopic (exact) mass is 241 g/mol. The summed E-state index contributed by atoms with van der Waals surface area (Å²) >= 11 is 0. The zero-order valence-corrected chi connectivity index (χ0v) is 10.8. The van der Waals surface area contributed by atoms with Crippen LogP contribution in [0.25, 0.3) is 5.69 Å². The SMILES string of the molecule is Cc1ccc(-n2cc(N)c(C3CCCC3)n2)cc1. The molecule has 1 heterocycles. The topological polar surface area (TPSA) is 43.8 Å². The molecular formula is C15H19N3. The number of nitrogen functional groups attached to an aromatic ring is 1. The van der Waals surface area contributed by atoms with Gasteiger partial charge in [0.1, 0.15) is 0 Å². The second-order valence-electron chi connectivity index (χ2n) is 5.23. The van der Waals surface area contributed by atoms with Gasteiger partial charge in [-0.3, -0.25) is 0 Å². The predicted octanol–water partition coefficient (Wildman–Crippen LogP) is 3.42. The number of aryl methyl sites for hydroxylation is 1. The van der Waals surface area contributed by atoms with Crippen LogP contribution in [-0.4, -0.2) is 9.78 Å². The van der Waals surface area contributed by atoms with Gasteiger partial charge in [0.2, 0.25) is 0 Å². The molecule has 0 radical (unpaired) electrons. The van der Waals surface area contributed by atoms with Crippen LogP contribution in [0.2, 0.25) is 0 Å². The van der Waals surface area contributed by atoms with E-state index >= 15 is 0 Å². The number of nitrogens with zero attached hydrogens (tertiary/aromatic N) is 2. The van der Waals surface area contributed by atoms with Crippen LogP contribution in [0.15, 0.2) is 30.5 Å². The van der Waals surface area contributed by atoms with E-state index in [2.05, 4.69) is 36.3 Å². The van der Waals surface area contributed by atoms with Gasteiger partial charge in [0.05, 0.1) is 23.3 Å². The molecule has 0 saturated heterocycles. The summed E-state index contributed by atoms with van der Waals surface area (Å²) in [6, 6.07) is 8.37. The van der Waals surface area contributed by atoms with Gasteiger partial charge in [0.15, 0.2) is 0 Å². The molecule has 0 aliphatic heterocycles. The molecule has 0 bridgehead atoms. The molecule has 94 valence electrons. The Bertz CT molecular complexity index is 533. The predicted molar refractivity (Wildman–Crippen MR) is 73.9 cm³/mol. The van der Waals surface area contributed by atoms with E-state index in [1.807, 2.05) is 10.9 Å². The number of hydrogen-bond acceptors (Lipinski definition) is 2. The van der Waals surface area contributed by atoms with Crippen LogP contribution >= 0.6 is 0 Å². The van der Waals surface area contributed by atoms with Crippen molar-refractivity contribution >= 4 is 5.69 Å². The van der Waals surface area contributed by atoms with Crippen molar-refractivity contribution in [2.45, 2.75) is 38.5 Å². The first-order valence-electron chi connectivity index (χ1n) is 6.66. The highest BCUT2D eigenvalue weighted by Gasteiger charge is 2.22. The van der Waals surface area contributed by atoms with Gasteiger partial charge < -0.3 is 5.73 Å². The molecule has 0 spiro atoms. The second-order valence-corrected chi connectivity index (χ2v) is 5.23. The lowest BCUT2D eigenvalue weighted by Gasteiger charge is -2.05. The highest BCUT2D eigenvalue weighted by molar-refractivity contribution is 5.46. The Morgan fingerprint density at radius 2 is 1.83 bits per heavy atom. The third-order valence-electron chi connectivity index (χ3n) is 3.81. The van der Waals surface area contributed by atoms with E-state index in [1.165, 1.54) is 31.2 Å². The van der Waals surface area contributed by atoms with Crippen molar-refractivity contribution in [1.29, 1.82) is 0 Å². The van der Waals surface area contributed by atoms with Crippen molar-refractivity contribution in [3.8, 4) is 5.69 Å². The van der Waals surface area contributed by atoms with E-state index in [9.17, 15) is 0 Å². The van der Waals surface area contributed by atoms with Gasteiger partial charge >= 0.3 is 0 Å². The van der Waals surface area contributed by atoms with Gasteiger partial charge in [0, 0.05) is 5.92 Å². The maximum Gasteiger partial charge on any atom is 0.0889 e. The third-order valence-corrected chi connectivity index (χ3v) is 3.81. The van der Waals surface area contributed by atoms with Crippen molar-refractivity contribution in [3.63, 3.8) is 0 Å². The van der Waals surface area contributed by atoms with Crippen molar-refractivity contribution in [1.82, 2.24) is 9.78 Å². The fourth-order valence-electron chi connectivity index (χ4n) is 2.75. The first-order chi connectivity index (χ1) is 8.74. The minimum Gasteiger partial charge on any atom is -0.396 e. The summed E-state index contributed by atoms with van der Waals surface area (Å²) in [6.45, 7) is 2.09. The van der Waals surface area contributed by atoms with Crippen LogP contribution in [0.4, 0.5) is 5.69 Å². The molecule has 0 amide bonds. The molecule has 0 atom stereocenters. The molecule has 1 aliphatic rings. The maximum absolute atomic E-state index is 6.11. The summed E-state index contributed by atoms with van der Waals surface area (Å²) in [5.74, 6) is 0.566. The standard InChI is InChI=1S/C15H19N3/c1-11-6-8-13(9-7-11)18-10-14(16)15(17-18)12-4-2-3-5-12/h6-10,12H,2-5,16H2,1H3. The summed E-state index contributed by atoms with van der Waals surface area (Å²) < 4.78 is 1.91. The van der Waals surface area contributed by atoms with E-state index in [4.69, 9.17) is 5.73 Å². The molecule has 3 heteroatoms. The average molecular weight is 241 g/mol. The summed E-state index contributed by atoms with van der Waals surface area (Å²) in [6.07, 6.45) is 7.02. The van der Waals surface area contributed by atoms with Gasteiger partial charge in [-0.1, -0.05) is 30.5 Å². The summed E-state index contributed by atoms with van der Waals surface area (Å²) in [4.78, 5) is 0. The van der Waals surface area contributed by atoms with Crippen molar-refractivity contribution in [2.75, 3.05) is 5.73 Å². The third kappa shape index (κ3) is 2.01. The molecule has 0 unspecified atom stereocenters. The first-order valence-corrected chi connectivity index (χ1v) is 6.66. The number of hydrogen-bond donors (Lipinski definition) is 1. The van der Waals surface area contributed by atoms with Gasteiger partial charge in [-0.25, -0.2) is 4.68 Å². The molecule has 3 rings (SSSR count). The molecule has 2 N–H and O–H groups in total. The van der Waals surface area contributed by atoms with E-state index in [0.29, 0.717) is 5.92 Å². The Morgan fingerprint density at radius 3 is 2.50 bits per heavy atom. The normalized spacial score (nSPS) is 16.3. The molecule has 1 fully saturated rings. The van der Waals surface area contributed by atoms with Crippen LogP contribution in [0.1, 0.15) is 42.9 Å². The maximum atomic E-state index is 6.11. The van der Waals surface area contributed by atoms with Gasteiger partial charge in [0.25, 0.3) is 0 Å². The highest BCUT2D eigenvalue weighted by Crippen LogP contribution is 2.36. The Morgan fingerprint density at radius 1 is 1.17 bits per heavy atom. The number of aromatic nitrogens is 2. The molecule has 18 heavy (non-hydrogen) atoms. The van der Waals surface area contributed by atoms with Crippen molar-refractivity contribution in [2.24, 2.45) is 0 Å². The number of rotatable bonds is 2. The van der Waals surface area contributed by atoms with Crippen LogP contribution in [-0.2, 0) is 0 Å². The lowest BCUT2D eigenvalue weighted by molar-refractivity contribution is 0.680. The average Bonchev–Trinajstić information content (AvgIpc) is 2.99. The fraction of sp³-hybridized carbons (Fsp3) is 0.400. The minimum atomic E-state index is 0.566. The summed E-state index contributed by atoms with van der Waals surface area (Å²) in [5.41, 5.74) is 10.4. The van der Waals surface area contributed by atoms with E-state index in [1.54, 1.807) is 0 Å². The Balaban J connectivity index is 1.94. The van der Waals surface area contributed by atoms with Gasteiger partial charge in [-0.05, 0) is 31.9 Å². The lowest BCUT2D eigenvalue weighted by Crippen LogP contribution is -1.99. The summed E-state index contributed by atoms with van der Waals surface area (Å²) in [5, 5.41) is 4.68. The Hall–Kier alpha value is -1.77. The van der Waals surface area contributed by atoms with E-state index in [-0.39, 0.29) is 0 Å². The van der Waals surface area contributed by atoms with Crippen molar-refractivity contribution in [3.05, 3.63) is 41.7 Å². The Labute approximate surface area is 108 Å². The summed E-state index contributed by atoms with van der Waals surface area (Å²) in [7, 11) is 0. The molecule has 1 aromatic carbocycles. The van der Waals surface area contributed by atoms with Gasteiger partial charge in [-0.2, -0.15) is 5.10 Å². The molecule has 1 saturated carbocycles. The van der Waals surface area contributed by atoms with Crippen LogP contribution in [0, 0.1) is 6.92 Å². The lowest BCUT2D eigenvalue weighted by atomic mass is 10.0. The first kappa shape index (κ1) is 11.3. The molecule has 1 aliphatic carbocycles.